The molecule has 0 fully saturated rings. The third-order valence-electron chi connectivity index (χ3n) is 2.56. The van der Waals surface area contributed by atoms with Crippen LogP contribution in [0.3, 0.4) is 0 Å². The summed E-state index contributed by atoms with van der Waals surface area (Å²) in [6.45, 7) is 0. The van der Waals surface area contributed by atoms with Crippen molar-refractivity contribution in [3.63, 3.8) is 0 Å². The minimum Gasteiger partial charge on any atom is -0.507 e. The van der Waals surface area contributed by atoms with Gasteiger partial charge in [-0.15, -0.1) is 12.4 Å². The predicted molar refractivity (Wildman–Crippen MR) is 67.4 cm³/mol. The van der Waals surface area contributed by atoms with Crippen molar-refractivity contribution < 1.29 is 32.9 Å². The van der Waals surface area contributed by atoms with E-state index in [2.05, 4.69) is 0 Å². The Morgan fingerprint density at radius 3 is 2.15 bits per heavy atom. The molecule has 0 aliphatic rings. The van der Waals surface area contributed by atoms with E-state index in [-0.39, 0.29) is 29.5 Å². The molecular formula is C11H15ClF3NO4. The van der Waals surface area contributed by atoms with Crippen LogP contribution in [0.15, 0.2) is 12.1 Å². The Kier molecular flexibility index (Phi) is 6.39. The monoisotopic (exact) mass is 317 g/mol. The number of hydrogen-bond donors (Lipinski definition) is 3. The molecule has 1 rings (SSSR count). The van der Waals surface area contributed by atoms with E-state index >= 15 is 0 Å². The molecule has 2 atom stereocenters. The smallest absolute Gasteiger partial charge is 0.416 e. The largest absolute Gasteiger partial charge is 0.507 e. The van der Waals surface area contributed by atoms with Gasteiger partial charge in [-0.05, 0) is 0 Å². The standard InChI is InChI=1S/C11H14F3NO4.ClH/c1-18-5-3-6(16)8(7(4-5)19-2)9(15)10(17)11(12,13)14;/h3-4,9-10,16-17H,15H2,1-2H3;1H/t9-,10-;/m0./s1. The first kappa shape index (κ1) is 18.6. The van der Waals surface area contributed by atoms with Gasteiger partial charge < -0.3 is 25.4 Å². The van der Waals surface area contributed by atoms with E-state index in [0.717, 1.165) is 6.07 Å². The summed E-state index contributed by atoms with van der Waals surface area (Å²) in [5.41, 5.74) is 5.00. The average molecular weight is 318 g/mol. The highest BCUT2D eigenvalue weighted by molar-refractivity contribution is 5.85. The lowest BCUT2D eigenvalue weighted by Crippen LogP contribution is -2.39. The summed E-state index contributed by atoms with van der Waals surface area (Å²) in [5.74, 6) is -0.466. The number of methoxy groups -OCH3 is 2. The number of aromatic hydroxyl groups is 1. The van der Waals surface area contributed by atoms with Gasteiger partial charge in [0.2, 0.25) is 0 Å². The van der Waals surface area contributed by atoms with Crippen molar-refractivity contribution in [1.82, 2.24) is 0 Å². The molecule has 0 saturated carbocycles. The summed E-state index contributed by atoms with van der Waals surface area (Å²) >= 11 is 0. The lowest BCUT2D eigenvalue weighted by Gasteiger charge is -2.24. The number of benzene rings is 1. The molecule has 0 bridgehead atoms. The maximum atomic E-state index is 12.4. The minimum atomic E-state index is -4.91. The first-order valence-electron chi connectivity index (χ1n) is 5.17. The van der Waals surface area contributed by atoms with Gasteiger partial charge in [-0.3, -0.25) is 0 Å². The van der Waals surface area contributed by atoms with E-state index in [1.54, 1.807) is 0 Å². The summed E-state index contributed by atoms with van der Waals surface area (Å²) in [4.78, 5) is 0. The fourth-order valence-electron chi connectivity index (χ4n) is 1.57. The normalized spacial score (nSPS) is 14.2. The number of phenolic OH excluding ortho intramolecular Hbond substituents is 1. The highest BCUT2D eigenvalue weighted by Gasteiger charge is 2.44. The number of aliphatic hydroxyl groups is 1. The zero-order valence-electron chi connectivity index (χ0n) is 10.6. The Bertz CT molecular complexity index is 456. The summed E-state index contributed by atoms with van der Waals surface area (Å²) in [5, 5.41) is 18.8. The molecule has 0 unspecified atom stereocenters. The molecular weight excluding hydrogens is 303 g/mol. The minimum absolute atomic E-state index is 0. The molecule has 0 amide bonds. The van der Waals surface area contributed by atoms with Crippen LogP contribution in [0.1, 0.15) is 11.6 Å². The average Bonchev–Trinajstić information content (AvgIpc) is 2.34. The van der Waals surface area contributed by atoms with Gasteiger partial charge in [0.25, 0.3) is 0 Å². The van der Waals surface area contributed by atoms with Crippen molar-refractivity contribution in [3.05, 3.63) is 17.7 Å². The lowest BCUT2D eigenvalue weighted by atomic mass is 9.99. The Hall–Kier alpha value is -1.38. The third kappa shape index (κ3) is 3.81. The Labute approximate surface area is 119 Å². The number of halogens is 4. The summed E-state index contributed by atoms with van der Waals surface area (Å²) in [6.07, 6.45) is -7.72. The summed E-state index contributed by atoms with van der Waals surface area (Å²) in [6, 6.07) is 0.472. The van der Waals surface area contributed by atoms with Crippen LogP contribution >= 0.6 is 12.4 Å². The molecule has 5 nitrogen and oxygen atoms in total. The van der Waals surface area contributed by atoms with Crippen molar-refractivity contribution in [3.8, 4) is 17.2 Å². The van der Waals surface area contributed by atoms with Crippen LogP contribution in [-0.2, 0) is 0 Å². The lowest BCUT2D eigenvalue weighted by molar-refractivity contribution is -0.210. The molecule has 0 aromatic heterocycles. The number of aliphatic hydroxyl groups excluding tert-OH is 1. The Morgan fingerprint density at radius 2 is 1.75 bits per heavy atom. The van der Waals surface area contributed by atoms with E-state index in [1.165, 1.54) is 20.3 Å². The molecule has 0 radical (unpaired) electrons. The van der Waals surface area contributed by atoms with Crippen LogP contribution in [0.25, 0.3) is 0 Å². The molecule has 0 aliphatic carbocycles. The molecule has 1 aromatic rings. The quantitative estimate of drug-likeness (QED) is 0.788. The number of hydrogen-bond acceptors (Lipinski definition) is 5. The van der Waals surface area contributed by atoms with Gasteiger partial charge in [0, 0.05) is 12.1 Å². The van der Waals surface area contributed by atoms with Crippen molar-refractivity contribution in [2.45, 2.75) is 18.3 Å². The Morgan fingerprint density at radius 1 is 1.20 bits per heavy atom. The van der Waals surface area contributed by atoms with Crippen LogP contribution in [0.2, 0.25) is 0 Å². The highest BCUT2D eigenvalue weighted by Crippen LogP contribution is 2.40. The van der Waals surface area contributed by atoms with E-state index in [0.29, 0.717) is 0 Å². The zero-order valence-corrected chi connectivity index (χ0v) is 11.5. The second-order valence-corrected chi connectivity index (χ2v) is 3.77. The molecule has 0 aliphatic heterocycles. The molecule has 0 heterocycles. The molecule has 116 valence electrons. The summed E-state index contributed by atoms with van der Waals surface area (Å²) < 4.78 is 47.0. The molecule has 0 saturated heterocycles. The molecule has 4 N–H and O–H groups in total. The molecule has 20 heavy (non-hydrogen) atoms. The van der Waals surface area contributed by atoms with Crippen LogP contribution in [-0.4, -0.2) is 36.7 Å². The number of rotatable bonds is 4. The van der Waals surface area contributed by atoms with Gasteiger partial charge in [-0.1, -0.05) is 0 Å². The zero-order chi connectivity index (χ0) is 14.8. The van der Waals surface area contributed by atoms with Crippen LogP contribution < -0.4 is 15.2 Å². The molecule has 9 heteroatoms. The van der Waals surface area contributed by atoms with Crippen LogP contribution in [0, 0.1) is 0 Å². The SMILES string of the molecule is COc1cc(O)c([C@H](N)[C@H](O)C(F)(F)F)c(OC)c1.Cl. The fourth-order valence-corrected chi connectivity index (χ4v) is 1.57. The molecule has 0 spiro atoms. The van der Waals surface area contributed by atoms with E-state index in [1.807, 2.05) is 0 Å². The first-order valence-corrected chi connectivity index (χ1v) is 5.17. The van der Waals surface area contributed by atoms with E-state index in [9.17, 15) is 18.3 Å². The van der Waals surface area contributed by atoms with Gasteiger partial charge in [0.1, 0.15) is 17.2 Å². The summed E-state index contributed by atoms with van der Waals surface area (Å²) in [7, 11) is 2.52. The second kappa shape index (κ2) is 6.87. The molecule has 1 aromatic carbocycles. The van der Waals surface area contributed by atoms with Crippen molar-refractivity contribution in [2.24, 2.45) is 5.73 Å². The highest BCUT2D eigenvalue weighted by atomic mass is 35.5. The first-order chi connectivity index (χ1) is 8.72. The predicted octanol–water partition coefficient (Wildman–Crippen LogP) is 1.75. The van der Waals surface area contributed by atoms with Crippen molar-refractivity contribution in [1.29, 1.82) is 0 Å². The van der Waals surface area contributed by atoms with Crippen molar-refractivity contribution >= 4 is 12.4 Å². The third-order valence-corrected chi connectivity index (χ3v) is 2.56. The van der Waals surface area contributed by atoms with Gasteiger partial charge in [-0.25, -0.2) is 0 Å². The second-order valence-electron chi connectivity index (χ2n) is 3.77. The number of nitrogens with two attached hydrogens (primary N) is 1. The maximum absolute atomic E-state index is 12.4. The number of ether oxygens (including phenoxy) is 2. The number of phenols is 1. The van der Waals surface area contributed by atoms with Gasteiger partial charge in [0.05, 0.1) is 25.8 Å². The van der Waals surface area contributed by atoms with Crippen molar-refractivity contribution in [2.75, 3.05) is 14.2 Å². The maximum Gasteiger partial charge on any atom is 0.416 e. The van der Waals surface area contributed by atoms with E-state index < -0.39 is 24.1 Å². The van der Waals surface area contributed by atoms with Gasteiger partial charge in [0.15, 0.2) is 6.10 Å². The van der Waals surface area contributed by atoms with E-state index in [4.69, 9.17) is 20.3 Å². The van der Waals surface area contributed by atoms with Gasteiger partial charge >= 0.3 is 6.18 Å². The van der Waals surface area contributed by atoms with Crippen LogP contribution in [0.4, 0.5) is 13.2 Å². The Balaban J connectivity index is 0.00000361. The van der Waals surface area contributed by atoms with Gasteiger partial charge in [-0.2, -0.15) is 13.2 Å². The van der Waals surface area contributed by atoms with Crippen LogP contribution in [0.5, 0.6) is 17.2 Å². The fraction of sp³-hybridized carbons (Fsp3) is 0.455. The topological polar surface area (TPSA) is 84.9 Å². The number of alkyl halides is 3.